The molecule has 0 aliphatic carbocycles. The summed E-state index contributed by atoms with van der Waals surface area (Å²) < 4.78 is 5.82. The van der Waals surface area contributed by atoms with Crippen LogP contribution in [0.3, 0.4) is 0 Å². The van der Waals surface area contributed by atoms with Gasteiger partial charge in [-0.1, -0.05) is 34.3 Å². The summed E-state index contributed by atoms with van der Waals surface area (Å²) >= 11 is 0. The number of ether oxygens (including phenoxy) is 1. The van der Waals surface area contributed by atoms with Crippen LogP contribution in [0.25, 0.3) is 0 Å². The van der Waals surface area contributed by atoms with Crippen molar-refractivity contribution in [1.82, 2.24) is 0 Å². The highest BCUT2D eigenvalue weighted by Crippen LogP contribution is 2.38. The molecular formula is C14H24O3. The number of aliphatic hydroxyl groups excluding tert-OH is 1. The lowest BCUT2D eigenvalue weighted by molar-refractivity contribution is -0.0583. The van der Waals surface area contributed by atoms with Crippen molar-refractivity contribution in [2.24, 2.45) is 11.8 Å². The van der Waals surface area contributed by atoms with Crippen LogP contribution in [0.2, 0.25) is 0 Å². The van der Waals surface area contributed by atoms with Gasteiger partial charge in [-0.15, -0.1) is 5.73 Å². The van der Waals surface area contributed by atoms with Gasteiger partial charge in [-0.05, 0) is 24.3 Å². The molecule has 1 heterocycles. The predicted molar refractivity (Wildman–Crippen MR) is 67.6 cm³/mol. The molecule has 0 saturated carbocycles. The predicted octanol–water partition coefficient (Wildman–Crippen LogP) is 1.89. The summed E-state index contributed by atoms with van der Waals surface area (Å²) in [5.41, 5.74) is 1.21. The molecule has 1 aliphatic rings. The fourth-order valence-electron chi connectivity index (χ4n) is 2.51. The van der Waals surface area contributed by atoms with E-state index in [9.17, 15) is 10.2 Å². The van der Waals surface area contributed by atoms with Crippen molar-refractivity contribution in [2.75, 3.05) is 0 Å². The maximum Gasteiger partial charge on any atom is 0.145 e. The maximum atomic E-state index is 10.5. The number of rotatable bonds is 4. The second-order valence-corrected chi connectivity index (χ2v) is 5.65. The minimum atomic E-state index is -1.37. The highest BCUT2D eigenvalue weighted by Gasteiger charge is 2.54. The molecule has 0 aromatic carbocycles. The fraction of sp³-hybridized carbons (Fsp3) is 0.786. The first-order valence-electron chi connectivity index (χ1n) is 6.25. The van der Waals surface area contributed by atoms with E-state index in [4.69, 9.17) is 4.74 Å². The van der Waals surface area contributed by atoms with Crippen molar-refractivity contribution >= 4 is 0 Å². The van der Waals surface area contributed by atoms with Gasteiger partial charge in [0.25, 0.3) is 0 Å². The van der Waals surface area contributed by atoms with E-state index in [0.29, 0.717) is 5.92 Å². The summed E-state index contributed by atoms with van der Waals surface area (Å²) in [7, 11) is 0. The van der Waals surface area contributed by atoms with E-state index < -0.39 is 17.8 Å². The number of hydrogen-bond acceptors (Lipinski definition) is 3. The summed E-state index contributed by atoms with van der Waals surface area (Å²) in [5.74, 6) is 0.536. The zero-order valence-electron chi connectivity index (χ0n) is 11.2. The van der Waals surface area contributed by atoms with E-state index in [0.717, 1.165) is 6.42 Å². The molecule has 4 atom stereocenters. The highest BCUT2D eigenvalue weighted by atomic mass is 16.5. The monoisotopic (exact) mass is 240 g/mol. The van der Waals surface area contributed by atoms with Crippen LogP contribution in [0, 0.1) is 11.8 Å². The molecule has 2 N–H and O–H groups in total. The Morgan fingerprint density at radius 1 is 1.41 bits per heavy atom. The minimum absolute atomic E-state index is 0.122. The summed E-state index contributed by atoms with van der Waals surface area (Å²) in [6, 6.07) is 0. The van der Waals surface area contributed by atoms with Crippen molar-refractivity contribution in [3.63, 3.8) is 0 Å². The van der Waals surface area contributed by atoms with Gasteiger partial charge in [0.1, 0.15) is 11.7 Å². The quantitative estimate of drug-likeness (QED) is 0.738. The van der Waals surface area contributed by atoms with Gasteiger partial charge >= 0.3 is 0 Å². The average molecular weight is 240 g/mol. The molecule has 1 aliphatic heterocycles. The SMILES string of the molecule is C=C=C[C@@]1(O)[C@H](O)[C@@H](CC(C)C)O[C@H]1C(C)C. The highest BCUT2D eigenvalue weighted by molar-refractivity contribution is 5.15. The van der Waals surface area contributed by atoms with Crippen LogP contribution >= 0.6 is 0 Å². The third-order valence-corrected chi connectivity index (χ3v) is 3.25. The van der Waals surface area contributed by atoms with Crippen LogP contribution in [-0.4, -0.2) is 34.1 Å². The van der Waals surface area contributed by atoms with Crippen molar-refractivity contribution < 1.29 is 14.9 Å². The van der Waals surface area contributed by atoms with E-state index in [1.807, 2.05) is 13.8 Å². The molecule has 0 aromatic rings. The molecule has 3 heteroatoms. The Bertz CT molecular complexity index is 305. The first-order chi connectivity index (χ1) is 7.82. The van der Waals surface area contributed by atoms with E-state index in [-0.39, 0.29) is 12.0 Å². The summed E-state index contributed by atoms with van der Waals surface area (Å²) in [5, 5.41) is 20.8. The standard InChI is InChI=1S/C14H24O3/c1-6-7-14(16)12(15)11(8-9(2)3)17-13(14)10(4)5/h7,9-13,15-16H,1,8H2,2-5H3/t11-,12-,13+,14-/m1/s1. The summed E-state index contributed by atoms with van der Waals surface area (Å²) in [6.45, 7) is 11.6. The minimum Gasteiger partial charge on any atom is -0.387 e. The van der Waals surface area contributed by atoms with Crippen LogP contribution in [0.1, 0.15) is 34.1 Å². The van der Waals surface area contributed by atoms with E-state index in [1.165, 1.54) is 6.08 Å². The van der Waals surface area contributed by atoms with E-state index >= 15 is 0 Å². The smallest absolute Gasteiger partial charge is 0.145 e. The summed E-state index contributed by atoms with van der Waals surface area (Å²) in [6.07, 6.45) is 0.527. The molecule has 3 nitrogen and oxygen atoms in total. The normalized spacial score (nSPS) is 37.5. The molecular weight excluding hydrogens is 216 g/mol. The zero-order valence-corrected chi connectivity index (χ0v) is 11.2. The molecule has 1 saturated heterocycles. The lowest BCUT2D eigenvalue weighted by Crippen LogP contribution is -2.48. The van der Waals surface area contributed by atoms with Crippen LogP contribution in [0.15, 0.2) is 18.4 Å². The van der Waals surface area contributed by atoms with Crippen LogP contribution in [0.5, 0.6) is 0 Å². The first-order valence-corrected chi connectivity index (χ1v) is 6.25. The molecule has 0 spiro atoms. The van der Waals surface area contributed by atoms with Crippen molar-refractivity contribution in [3.05, 3.63) is 18.4 Å². The lowest BCUT2D eigenvalue weighted by Gasteiger charge is -2.29. The van der Waals surface area contributed by atoms with Gasteiger partial charge in [-0.3, -0.25) is 0 Å². The Morgan fingerprint density at radius 2 is 2.00 bits per heavy atom. The van der Waals surface area contributed by atoms with Gasteiger partial charge in [0.05, 0.1) is 12.2 Å². The van der Waals surface area contributed by atoms with Gasteiger partial charge < -0.3 is 14.9 Å². The molecule has 0 bridgehead atoms. The summed E-state index contributed by atoms with van der Waals surface area (Å²) in [4.78, 5) is 0. The topological polar surface area (TPSA) is 49.7 Å². The molecule has 17 heavy (non-hydrogen) atoms. The largest absolute Gasteiger partial charge is 0.387 e. The Hall–Kier alpha value is -0.600. The number of hydrogen-bond donors (Lipinski definition) is 2. The zero-order chi connectivity index (χ0) is 13.2. The first kappa shape index (κ1) is 14.5. The third-order valence-electron chi connectivity index (χ3n) is 3.25. The van der Waals surface area contributed by atoms with Crippen LogP contribution in [-0.2, 0) is 4.74 Å². The molecule has 0 aromatic heterocycles. The van der Waals surface area contributed by atoms with Crippen LogP contribution in [0.4, 0.5) is 0 Å². The Morgan fingerprint density at radius 3 is 2.41 bits per heavy atom. The second-order valence-electron chi connectivity index (χ2n) is 5.65. The van der Waals surface area contributed by atoms with Crippen molar-refractivity contribution in [2.45, 2.75) is 58.0 Å². The van der Waals surface area contributed by atoms with Gasteiger partial charge in [0.2, 0.25) is 0 Å². The molecule has 0 radical (unpaired) electrons. The molecule has 0 amide bonds. The fourth-order valence-corrected chi connectivity index (χ4v) is 2.51. The maximum absolute atomic E-state index is 10.5. The molecule has 0 unspecified atom stereocenters. The Kier molecular flexibility index (Phi) is 4.56. The number of aliphatic hydroxyl groups is 2. The van der Waals surface area contributed by atoms with Gasteiger partial charge in [0.15, 0.2) is 0 Å². The van der Waals surface area contributed by atoms with Gasteiger partial charge in [-0.2, -0.15) is 0 Å². The van der Waals surface area contributed by atoms with Gasteiger partial charge in [0, 0.05) is 0 Å². The molecule has 98 valence electrons. The molecule has 1 fully saturated rings. The lowest BCUT2D eigenvalue weighted by atomic mass is 9.84. The van der Waals surface area contributed by atoms with E-state index in [1.54, 1.807) is 0 Å². The Labute approximate surface area is 104 Å². The average Bonchev–Trinajstić information content (AvgIpc) is 2.43. The van der Waals surface area contributed by atoms with Crippen molar-refractivity contribution in [3.8, 4) is 0 Å². The third kappa shape index (κ3) is 2.80. The molecule has 1 rings (SSSR count). The van der Waals surface area contributed by atoms with E-state index in [2.05, 4.69) is 26.2 Å². The van der Waals surface area contributed by atoms with Gasteiger partial charge in [-0.25, -0.2) is 0 Å². The second kappa shape index (κ2) is 5.36. The Balaban J connectivity index is 2.97. The van der Waals surface area contributed by atoms with Crippen molar-refractivity contribution in [1.29, 1.82) is 0 Å². The van der Waals surface area contributed by atoms with Crippen LogP contribution < -0.4 is 0 Å².